The number of likely N-dealkylation sites (tertiary alicyclic amines) is 1. The van der Waals surface area contributed by atoms with Gasteiger partial charge in [-0.1, -0.05) is 36.4 Å². The number of rotatable bonds is 4. The van der Waals surface area contributed by atoms with E-state index in [1.54, 1.807) is 11.0 Å². The lowest BCUT2D eigenvalue weighted by Crippen LogP contribution is -2.48. The van der Waals surface area contributed by atoms with Crippen LogP contribution in [0, 0.1) is 0 Å². The van der Waals surface area contributed by atoms with Crippen LogP contribution in [0.2, 0.25) is 0 Å². The van der Waals surface area contributed by atoms with E-state index in [0.29, 0.717) is 50.6 Å². The lowest BCUT2D eigenvalue weighted by Gasteiger charge is -2.38. The molecule has 0 aliphatic carbocycles. The molecule has 0 bridgehead atoms. The maximum atomic E-state index is 12.6. The van der Waals surface area contributed by atoms with Crippen molar-refractivity contribution in [3.05, 3.63) is 65.7 Å². The Bertz CT molecular complexity index is 930. The Morgan fingerprint density at radius 3 is 2.34 bits per heavy atom. The van der Waals surface area contributed by atoms with Gasteiger partial charge < -0.3 is 19.5 Å². The van der Waals surface area contributed by atoms with Crippen LogP contribution in [0.5, 0.6) is 11.5 Å². The molecule has 2 aromatic carbocycles. The summed E-state index contributed by atoms with van der Waals surface area (Å²) in [5.41, 5.74) is 0.715. The molecule has 2 aliphatic rings. The van der Waals surface area contributed by atoms with Gasteiger partial charge in [0, 0.05) is 19.2 Å². The van der Waals surface area contributed by atoms with Crippen molar-refractivity contribution in [2.24, 2.45) is 0 Å². The van der Waals surface area contributed by atoms with Crippen LogP contribution in [0.4, 0.5) is 0 Å². The summed E-state index contributed by atoms with van der Waals surface area (Å²) in [6.45, 7) is 1.87. The lowest BCUT2D eigenvalue weighted by atomic mass is 9.73. The van der Waals surface area contributed by atoms with Crippen molar-refractivity contribution in [3.63, 3.8) is 0 Å². The highest BCUT2D eigenvalue weighted by atomic mass is 16.6. The topological polar surface area (TPSA) is 76.1 Å². The van der Waals surface area contributed by atoms with Crippen LogP contribution in [0.3, 0.4) is 0 Å². The zero-order valence-electron chi connectivity index (χ0n) is 16.0. The zero-order valence-corrected chi connectivity index (χ0v) is 16.0. The predicted molar refractivity (Wildman–Crippen MR) is 108 cm³/mol. The van der Waals surface area contributed by atoms with E-state index in [9.17, 15) is 14.7 Å². The van der Waals surface area contributed by atoms with Crippen LogP contribution in [0.15, 0.2) is 54.6 Å². The van der Waals surface area contributed by atoms with E-state index in [0.717, 1.165) is 11.1 Å². The number of carbonyl (C=O) groups excluding carboxylic acids is 1. The average molecular weight is 393 g/mol. The maximum absolute atomic E-state index is 12.6. The molecule has 1 N–H and O–H groups in total. The van der Waals surface area contributed by atoms with Gasteiger partial charge in [-0.15, -0.1) is 0 Å². The molecule has 150 valence electrons. The molecule has 0 saturated carbocycles. The molecule has 29 heavy (non-hydrogen) atoms. The minimum Gasteiger partial charge on any atom is -0.486 e. The molecule has 0 atom stereocenters. The number of carbonyl (C=O) groups is 2. The van der Waals surface area contributed by atoms with Crippen molar-refractivity contribution in [1.29, 1.82) is 0 Å². The summed E-state index contributed by atoms with van der Waals surface area (Å²) >= 11 is 0. The van der Waals surface area contributed by atoms with Gasteiger partial charge in [0.1, 0.15) is 13.2 Å². The summed E-state index contributed by atoms with van der Waals surface area (Å²) < 4.78 is 11.1. The van der Waals surface area contributed by atoms with E-state index in [4.69, 9.17) is 9.47 Å². The minimum atomic E-state index is -0.933. The van der Waals surface area contributed by atoms with Gasteiger partial charge in [-0.05, 0) is 42.2 Å². The van der Waals surface area contributed by atoms with Crippen LogP contribution >= 0.6 is 0 Å². The summed E-state index contributed by atoms with van der Waals surface area (Å²) in [4.78, 5) is 26.4. The second-order valence-corrected chi connectivity index (χ2v) is 7.31. The fourth-order valence-electron chi connectivity index (χ4n) is 3.93. The number of benzene rings is 2. The van der Waals surface area contributed by atoms with Crippen LogP contribution in [0.1, 0.15) is 24.0 Å². The molecular weight excluding hydrogens is 370 g/mol. The molecule has 1 amide bonds. The molecule has 0 spiro atoms. The Kier molecular flexibility index (Phi) is 5.25. The van der Waals surface area contributed by atoms with Crippen molar-refractivity contribution >= 4 is 18.0 Å². The van der Waals surface area contributed by atoms with E-state index in [-0.39, 0.29) is 5.91 Å². The Hall–Kier alpha value is -3.28. The molecular formula is C23H23NO5. The minimum absolute atomic E-state index is 0.119. The molecule has 6 heteroatoms. The molecule has 1 saturated heterocycles. The van der Waals surface area contributed by atoms with Gasteiger partial charge in [0.25, 0.3) is 0 Å². The Morgan fingerprint density at radius 1 is 0.966 bits per heavy atom. The third kappa shape index (κ3) is 3.83. The molecule has 0 unspecified atom stereocenters. The third-order valence-electron chi connectivity index (χ3n) is 5.65. The van der Waals surface area contributed by atoms with Gasteiger partial charge in [0.15, 0.2) is 11.5 Å². The van der Waals surface area contributed by atoms with E-state index in [1.165, 1.54) is 6.08 Å². The predicted octanol–water partition coefficient (Wildman–Crippen LogP) is 3.12. The van der Waals surface area contributed by atoms with E-state index in [1.807, 2.05) is 48.5 Å². The summed E-state index contributed by atoms with van der Waals surface area (Å²) in [6, 6.07) is 14.8. The monoisotopic (exact) mass is 393 g/mol. The summed E-state index contributed by atoms with van der Waals surface area (Å²) in [6.07, 6.45) is 4.07. The summed E-state index contributed by atoms with van der Waals surface area (Å²) in [5, 5.41) is 9.88. The number of carboxylic acids is 1. The van der Waals surface area contributed by atoms with Crippen molar-refractivity contribution in [1.82, 2.24) is 4.90 Å². The summed E-state index contributed by atoms with van der Waals surface area (Å²) in [7, 11) is 0. The molecule has 2 heterocycles. The van der Waals surface area contributed by atoms with Crippen LogP contribution < -0.4 is 9.47 Å². The first kappa shape index (κ1) is 19.1. The fraction of sp³-hybridized carbons (Fsp3) is 0.304. The smallest absolute Gasteiger partial charge is 0.314 e. The molecule has 4 rings (SSSR count). The van der Waals surface area contributed by atoms with Gasteiger partial charge >= 0.3 is 5.97 Å². The number of aliphatic carboxylic acids is 1. The first-order valence-electron chi connectivity index (χ1n) is 9.74. The first-order valence-corrected chi connectivity index (χ1v) is 9.74. The molecule has 2 aromatic rings. The van der Waals surface area contributed by atoms with Crippen LogP contribution in [-0.2, 0) is 15.0 Å². The number of hydrogen-bond acceptors (Lipinski definition) is 4. The fourth-order valence-corrected chi connectivity index (χ4v) is 3.93. The largest absolute Gasteiger partial charge is 0.486 e. The van der Waals surface area contributed by atoms with E-state index >= 15 is 0 Å². The average Bonchev–Trinajstić information content (AvgIpc) is 2.78. The van der Waals surface area contributed by atoms with Crippen molar-refractivity contribution in [2.75, 3.05) is 26.3 Å². The first-order chi connectivity index (χ1) is 14.1. The SMILES string of the molecule is O=C(C=Cc1ccc2c(c1)OCCO2)N1CCC(C(=O)O)(c2ccccc2)CC1. The van der Waals surface area contributed by atoms with Gasteiger partial charge in [-0.25, -0.2) is 0 Å². The number of nitrogens with zero attached hydrogens (tertiary/aromatic N) is 1. The molecule has 6 nitrogen and oxygen atoms in total. The highest BCUT2D eigenvalue weighted by molar-refractivity contribution is 5.92. The number of ether oxygens (including phenoxy) is 2. The molecule has 1 fully saturated rings. The second-order valence-electron chi connectivity index (χ2n) is 7.31. The lowest BCUT2D eigenvalue weighted by molar-refractivity contribution is -0.147. The second kappa shape index (κ2) is 7.99. The molecule has 0 radical (unpaired) electrons. The van der Waals surface area contributed by atoms with Gasteiger partial charge in [-0.2, -0.15) is 0 Å². The number of piperidine rings is 1. The van der Waals surface area contributed by atoms with Gasteiger partial charge in [-0.3, -0.25) is 9.59 Å². The van der Waals surface area contributed by atoms with Gasteiger partial charge in [0.2, 0.25) is 5.91 Å². The number of hydrogen-bond donors (Lipinski definition) is 1. The maximum Gasteiger partial charge on any atom is 0.314 e. The highest BCUT2D eigenvalue weighted by Gasteiger charge is 2.43. The number of carboxylic acid groups (broad SMARTS) is 1. The summed E-state index contributed by atoms with van der Waals surface area (Å²) in [5.74, 6) is 0.439. The van der Waals surface area contributed by atoms with E-state index in [2.05, 4.69) is 0 Å². The van der Waals surface area contributed by atoms with Gasteiger partial charge in [0.05, 0.1) is 5.41 Å². The van der Waals surface area contributed by atoms with E-state index < -0.39 is 11.4 Å². The molecule has 0 aromatic heterocycles. The van der Waals surface area contributed by atoms with Crippen LogP contribution in [0.25, 0.3) is 6.08 Å². The number of fused-ring (bicyclic) bond motifs is 1. The quantitative estimate of drug-likeness (QED) is 0.808. The third-order valence-corrected chi connectivity index (χ3v) is 5.65. The highest BCUT2D eigenvalue weighted by Crippen LogP contribution is 2.36. The van der Waals surface area contributed by atoms with Crippen LogP contribution in [-0.4, -0.2) is 48.2 Å². The Labute approximate surface area is 169 Å². The zero-order chi connectivity index (χ0) is 20.3. The normalized spacial score (nSPS) is 17.9. The number of amides is 1. The standard InChI is InChI=1S/C23H23NO5/c25-21(9-7-17-6-8-19-20(16-17)29-15-14-28-19)24-12-10-23(11-13-24,22(26)27)18-4-2-1-3-5-18/h1-9,16H,10-15H2,(H,26,27). The van der Waals surface area contributed by atoms with Crippen molar-refractivity contribution in [2.45, 2.75) is 18.3 Å². The van der Waals surface area contributed by atoms with Crippen molar-refractivity contribution < 1.29 is 24.2 Å². The van der Waals surface area contributed by atoms with Crippen molar-refractivity contribution in [3.8, 4) is 11.5 Å². The Balaban J connectivity index is 1.42. The Morgan fingerprint density at radius 2 is 1.66 bits per heavy atom. The molecule has 2 aliphatic heterocycles.